The number of thioether (sulfide) groups is 1. The minimum absolute atomic E-state index is 0.0763. The molecule has 172 valence electrons. The lowest BCUT2D eigenvalue weighted by Gasteiger charge is -2.18. The Bertz CT molecular complexity index is 962. The summed E-state index contributed by atoms with van der Waals surface area (Å²) in [5, 5.41) is 5.58. The fourth-order valence-electron chi connectivity index (χ4n) is 3.06. The van der Waals surface area contributed by atoms with Crippen LogP contribution in [0.15, 0.2) is 47.5 Å². The molecule has 0 saturated carbocycles. The molecule has 2 aromatic rings. The van der Waals surface area contributed by atoms with Crippen molar-refractivity contribution in [1.82, 2.24) is 14.9 Å². The highest BCUT2D eigenvalue weighted by molar-refractivity contribution is 7.99. The number of aromatic nitrogens is 2. The lowest BCUT2D eigenvalue weighted by Crippen LogP contribution is -2.40. The van der Waals surface area contributed by atoms with Gasteiger partial charge in [-0.3, -0.25) is 19.0 Å². The lowest BCUT2D eigenvalue weighted by molar-refractivity contribution is -0.127. The largest absolute Gasteiger partial charge is 0.365 e. The SMILES string of the molecule is CCC(C(=O)NCC(=O)CSCc1ccccc1)n1ccnc(NCCCC(C)=O)c1=O. The topological polar surface area (TPSA) is 110 Å². The van der Waals surface area contributed by atoms with Gasteiger partial charge in [-0.1, -0.05) is 37.3 Å². The van der Waals surface area contributed by atoms with Crippen molar-refractivity contribution in [3.05, 3.63) is 58.6 Å². The number of anilines is 1. The zero-order chi connectivity index (χ0) is 23.3. The first-order chi connectivity index (χ1) is 15.4. The summed E-state index contributed by atoms with van der Waals surface area (Å²) in [6.07, 6.45) is 4.32. The van der Waals surface area contributed by atoms with Gasteiger partial charge in [-0.05, 0) is 25.3 Å². The van der Waals surface area contributed by atoms with Crippen LogP contribution in [0.5, 0.6) is 0 Å². The molecule has 0 aliphatic rings. The Morgan fingerprint density at radius 2 is 1.94 bits per heavy atom. The Morgan fingerprint density at radius 1 is 1.19 bits per heavy atom. The summed E-state index contributed by atoms with van der Waals surface area (Å²) >= 11 is 1.50. The average Bonchev–Trinajstić information content (AvgIpc) is 2.78. The van der Waals surface area contributed by atoms with E-state index in [0.29, 0.717) is 31.6 Å². The normalized spacial score (nSPS) is 11.6. The fraction of sp³-hybridized carbons (Fsp3) is 0.435. The number of benzene rings is 1. The molecular weight excluding hydrogens is 428 g/mol. The van der Waals surface area contributed by atoms with Crippen molar-refractivity contribution >= 4 is 35.1 Å². The first-order valence-corrected chi connectivity index (χ1v) is 11.8. The quantitative estimate of drug-likeness (QED) is 0.419. The molecule has 2 N–H and O–H groups in total. The first-order valence-electron chi connectivity index (χ1n) is 10.6. The Hall–Kier alpha value is -2.94. The Balaban J connectivity index is 1.87. The number of rotatable bonds is 14. The molecule has 1 aromatic carbocycles. The van der Waals surface area contributed by atoms with Gasteiger partial charge in [0.15, 0.2) is 11.6 Å². The third-order valence-electron chi connectivity index (χ3n) is 4.73. The highest BCUT2D eigenvalue weighted by Gasteiger charge is 2.21. The molecule has 0 fully saturated rings. The molecule has 0 aliphatic carbocycles. The third-order valence-corrected chi connectivity index (χ3v) is 5.79. The van der Waals surface area contributed by atoms with E-state index in [0.717, 1.165) is 11.3 Å². The fourth-order valence-corrected chi connectivity index (χ4v) is 3.92. The second-order valence-electron chi connectivity index (χ2n) is 7.38. The molecule has 1 heterocycles. The van der Waals surface area contributed by atoms with E-state index in [1.807, 2.05) is 30.3 Å². The summed E-state index contributed by atoms with van der Waals surface area (Å²) < 4.78 is 1.32. The number of carbonyl (C=O) groups excluding carboxylic acids is 3. The van der Waals surface area contributed by atoms with Crippen molar-refractivity contribution < 1.29 is 14.4 Å². The summed E-state index contributed by atoms with van der Waals surface area (Å²) in [5.41, 5.74) is 0.727. The van der Waals surface area contributed by atoms with E-state index in [1.165, 1.54) is 35.6 Å². The van der Waals surface area contributed by atoms with E-state index >= 15 is 0 Å². The van der Waals surface area contributed by atoms with E-state index in [-0.39, 0.29) is 29.8 Å². The molecular formula is C23H30N4O4S. The van der Waals surface area contributed by atoms with Gasteiger partial charge in [-0.15, -0.1) is 11.8 Å². The van der Waals surface area contributed by atoms with Crippen molar-refractivity contribution in [2.45, 2.75) is 44.9 Å². The summed E-state index contributed by atoms with van der Waals surface area (Å²) in [6.45, 7) is 3.68. The summed E-state index contributed by atoms with van der Waals surface area (Å²) in [7, 11) is 0. The number of ketones is 2. The summed E-state index contributed by atoms with van der Waals surface area (Å²) in [4.78, 5) is 52.6. The Kier molecular flexibility index (Phi) is 10.7. The highest BCUT2D eigenvalue weighted by atomic mass is 32.2. The number of hydrogen-bond acceptors (Lipinski definition) is 7. The van der Waals surface area contributed by atoms with Crippen LogP contribution in [0.1, 0.15) is 44.7 Å². The number of Topliss-reactive ketones (excluding diaryl/α,β-unsaturated/α-hetero) is 2. The van der Waals surface area contributed by atoms with Crippen LogP contribution in [-0.2, 0) is 20.1 Å². The molecule has 1 unspecified atom stereocenters. The maximum atomic E-state index is 12.7. The highest BCUT2D eigenvalue weighted by Crippen LogP contribution is 2.12. The molecule has 0 aliphatic heterocycles. The molecule has 0 spiro atoms. The molecule has 32 heavy (non-hydrogen) atoms. The van der Waals surface area contributed by atoms with Crippen LogP contribution in [0.3, 0.4) is 0 Å². The maximum Gasteiger partial charge on any atom is 0.294 e. The zero-order valence-electron chi connectivity index (χ0n) is 18.5. The van der Waals surface area contributed by atoms with Crippen LogP contribution in [0, 0.1) is 0 Å². The lowest BCUT2D eigenvalue weighted by atomic mass is 10.2. The van der Waals surface area contributed by atoms with Gasteiger partial charge < -0.3 is 15.4 Å². The van der Waals surface area contributed by atoms with Crippen molar-refractivity contribution in [3.63, 3.8) is 0 Å². The van der Waals surface area contributed by atoms with Gasteiger partial charge in [-0.25, -0.2) is 4.98 Å². The van der Waals surface area contributed by atoms with Crippen molar-refractivity contribution in [2.24, 2.45) is 0 Å². The van der Waals surface area contributed by atoms with Gasteiger partial charge in [0, 0.05) is 31.1 Å². The number of nitrogens with zero attached hydrogens (tertiary/aromatic N) is 2. The van der Waals surface area contributed by atoms with E-state index in [9.17, 15) is 19.2 Å². The van der Waals surface area contributed by atoms with Crippen molar-refractivity contribution in [3.8, 4) is 0 Å². The van der Waals surface area contributed by atoms with Gasteiger partial charge in [-0.2, -0.15) is 0 Å². The van der Waals surface area contributed by atoms with Crippen LogP contribution in [-0.4, -0.2) is 45.9 Å². The predicted molar refractivity (Wildman–Crippen MR) is 127 cm³/mol. The molecule has 0 radical (unpaired) electrons. The second-order valence-corrected chi connectivity index (χ2v) is 8.37. The van der Waals surface area contributed by atoms with Crippen molar-refractivity contribution in [1.29, 1.82) is 0 Å². The molecule has 2 rings (SSSR count). The number of amides is 1. The van der Waals surface area contributed by atoms with E-state index in [4.69, 9.17) is 0 Å². The van der Waals surface area contributed by atoms with Gasteiger partial charge in [0.25, 0.3) is 5.56 Å². The first kappa shape index (κ1) is 25.3. The molecule has 8 nitrogen and oxygen atoms in total. The van der Waals surface area contributed by atoms with E-state index in [2.05, 4.69) is 15.6 Å². The maximum absolute atomic E-state index is 12.7. The monoisotopic (exact) mass is 458 g/mol. The van der Waals surface area contributed by atoms with E-state index < -0.39 is 11.6 Å². The van der Waals surface area contributed by atoms with Gasteiger partial charge in [0.05, 0.1) is 12.3 Å². The number of carbonyl (C=O) groups is 3. The number of nitrogens with one attached hydrogen (secondary N) is 2. The molecule has 1 aromatic heterocycles. The molecule has 0 bridgehead atoms. The van der Waals surface area contributed by atoms with Gasteiger partial charge in [0.1, 0.15) is 11.8 Å². The van der Waals surface area contributed by atoms with Crippen LogP contribution in [0.4, 0.5) is 5.82 Å². The molecule has 1 amide bonds. The smallest absolute Gasteiger partial charge is 0.294 e. The van der Waals surface area contributed by atoms with Crippen LogP contribution >= 0.6 is 11.8 Å². The molecule has 9 heteroatoms. The van der Waals surface area contributed by atoms with Crippen molar-refractivity contribution in [2.75, 3.05) is 24.2 Å². The summed E-state index contributed by atoms with van der Waals surface area (Å²) in [5.74, 6) is 0.785. The van der Waals surface area contributed by atoms with Crippen LogP contribution < -0.4 is 16.2 Å². The standard InChI is InChI=1S/C23H30N4O4S/c1-3-20(27-13-12-25-21(23(27)31)24-11-7-8-17(2)28)22(30)26-14-19(29)16-32-15-18-9-5-4-6-10-18/h4-6,9-10,12-13,20H,3,7-8,11,14-16H2,1-2H3,(H,24,25)(H,26,30). The van der Waals surface area contributed by atoms with Gasteiger partial charge >= 0.3 is 0 Å². The minimum atomic E-state index is -0.743. The molecule has 1 atom stereocenters. The van der Waals surface area contributed by atoms with Gasteiger partial charge in [0.2, 0.25) is 5.91 Å². The zero-order valence-corrected chi connectivity index (χ0v) is 19.3. The third kappa shape index (κ3) is 8.30. The minimum Gasteiger partial charge on any atom is -0.365 e. The second kappa shape index (κ2) is 13.5. The van der Waals surface area contributed by atoms with E-state index in [1.54, 1.807) is 6.92 Å². The van der Waals surface area contributed by atoms with Crippen LogP contribution in [0.25, 0.3) is 0 Å². The van der Waals surface area contributed by atoms with Crippen LogP contribution in [0.2, 0.25) is 0 Å². The molecule has 0 saturated heterocycles. The Labute approximate surface area is 192 Å². The Morgan fingerprint density at radius 3 is 2.62 bits per heavy atom. The predicted octanol–water partition coefficient (Wildman–Crippen LogP) is 2.59. The summed E-state index contributed by atoms with van der Waals surface area (Å²) in [6, 6.07) is 9.12. The average molecular weight is 459 g/mol. The number of hydrogen-bond donors (Lipinski definition) is 2.